The van der Waals surface area contributed by atoms with E-state index in [0.29, 0.717) is 6.42 Å². The molecule has 14 heteroatoms. The van der Waals surface area contributed by atoms with E-state index in [1.807, 2.05) is 13.0 Å². The summed E-state index contributed by atoms with van der Waals surface area (Å²) in [7, 11) is 0. The Hall–Kier alpha value is -4.41. The van der Waals surface area contributed by atoms with Crippen LogP contribution in [0.5, 0.6) is 0 Å². The minimum absolute atomic E-state index is 0.0583. The summed E-state index contributed by atoms with van der Waals surface area (Å²) >= 11 is 6.66. The number of alkyl halides is 2. The number of unbranched alkanes of at least 4 members (excludes halogenated alkanes) is 2. The molecule has 1 fully saturated rings. The molecule has 10 nitrogen and oxygen atoms in total. The zero-order valence-electron chi connectivity index (χ0n) is 25.7. The third-order valence-electron chi connectivity index (χ3n) is 7.70. The molecule has 0 radical (unpaired) electrons. The first kappa shape index (κ1) is 35.4. The molecule has 0 aliphatic heterocycles. The molecule has 1 unspecified atom stereocenters. The molecule has 3 aromatic rings. The molecule has 4 rings (SSSR count). The summed E-state index contributed by atoms with van der Waals surface area (Å²) < 4.78 is 49.0. The van der Waals surface area contributed by atoms with E-state index in [0.717, 1.165) is 25.1 Å². The monoisotopic (exact) mass is 672 g/mol. The molecule has 1 aliphatic carbocycles. The second-order valence-electron chi connectivity index (χ2n) is 11.4. The maximum atomic E-state index is 14.9. The Morgan fingerprint density at radius 3 is 2.64 bits per heavy atom. The van der Waals surface area contributed by atoms with Crippen molar-refractivity contribution in [3.63, 3.8) is 0 Å². The summed E-state index contributed by atoms with van der Waals surface area (Å²) in [4.78, 5) is 35.8. The first-order valence-corrected chi connectivity index (χ1v) is 15.7. The number of aliphatic carboxylic acids is 1. The van der Waals surface area contributed by atoms with Crippen molar-refractivity contribution < 1.29 is 32.6 Å². The molecule has 1 aromatic carbocycles. The van der Waals surface area contributed by atoms with Crippen molar-refractivity contribution in [3.05, 3.63) is 83.0 Å². The maximum Gasteiger partial charge on any atom is 0.303 e. The van der Waals surface area contributed by atoms with Crippen LogP contribution in [0.25, 0.3) is 0 Å². The predicted octanol–water partition coefficient (Wildman–Crippen LogP) is 6.48. The third kappa shape index (κ3) is 9.79. The number of rotatable bonds is 17. The first-order valence-electron chi connectivity index (χ1n) is 15.3. The van der Waals surface area contributed by atoms with E-state index in [9.17, 15) is 33.1 Å². The third-order valence-corrected chi connectivity index (χ3v) is 8.04. The summed E-state index contributed by atoms with van der Waals surface area (Å²) in [5.41, 5.74) is 0.646. The summed E-state index contributed by atoms with van der Waals surface area (Å²) in [6, 6.07) is 9.50. The van der Waals surface area contributed by atoms with Crippen LogP contribution in [0.2, 0.25) is 5.02 Å². The largest absolute Gasteiger partial charge is 0.481 e. The fraction of sp³-hybridized carbons (Fsp3) is 0.424. The van der Waals surface area contributed by atoms with E-state index >= 15 is 0 Å². The van der Waals surface area contributed by atoms with Crippen LogP contribution in [0, 0.1) is 17.1 Å². The van der Waals surface area contributed by atoms with Gasteiger partial charge in [0.05, 0.1) is 35.8 Å². The standard InChI is InChI=1S/C33H36ClF3N6O4/c1-2-3-6-13-47-32(27(9-10-29(44)45)42-28-14-21(18-38)11-12-40-28)43(24-15-22(35)19-39-20-24)30(25-7-4-5-8-26(25)34)31(46)41-23-16-33(36,37)17-23/h4-5,7-8,11-12,14-15,19-20,23,27,30,32H,2-3,6,9-10,13,16-17H2,1H3,(H,40,42)(H,41,46)(H,44,45)/t27-,30-,32?/m0/s1. The average Bonchev–Trinajstić information content (AvgIpc) is 3.02. The fourth-order valence-electron chi connectivity index (χ4n) is 5.42. The highest BCUT2D eigenvalue weighted by atomic mass is 35.5. The number of ether oxygens (including phenoxy) is 1. The van der Waals surface area contributed by atoms with Gasteiger partial charge in [0.1, 0.15) is 17.7 Å². The number of nitriles is 1. The molecule has 0 spiro atoms. The lowest BCUT2D eigenvalue weighted by Crippen LogP contribution is -2.57. The Morgan fingerprint density at radius 2 is 1.98 bits per heavy atom. The molecular weight excluding hydrogens is 637 g/mol. The van der Waals surface area contributed by atoms with Crippen LogP contribution in [-0.2, 0) is 14.3 Å². The van der Waals surface area contributed by atoms with Gasteiger partial charge in [-0.1, -0.05) is 49.6 Å². The molecule has 0 bridgehead atoms. The molecule has 0 saturated heterocycles. The van der Waals surface area contributed by atoms with E-state index in [1.165, 1.54) is 29.4 Å². The minimum atomic E-state index is -2.91. The average molecular weight is 673 g/mol. The Balaban J connectivity index is 1.89. The van der Waals surface area contributed by atoms with E-state index in [-0.39, 0.29) is 47.1 Å². The number of amides is 1. The lowest BCUT2D eigenvalue weighted by molar-refractivity contribution is -0.137. The van der Waals surface area contributed by atoms with Crippen LogP contribution in [-0.4, -0.2) is 57.8 Å². The van der Waals surface area contributed by atoms with Crippen molar-refractivity contribution in [3.8, 4) is 6.07 Å². The normalized spacial score (nSPS) is 15.8. The molecule has 1 aliphatic rings. The number of halogens is 4. The molecule has 2 heterocycles. The molecule has 250 valence electrons. The number of hydrogen-bond donors (Lipinski definition) is 3. The second-order valence-corrected chi connectivity index (χ2v) is 11.8. The maximum absolute atomic E-state index is 14.9. The zero-order chi connectivity index (χ0) is 34.0. The number of carbonyl (C=O) groups is 2. The molecular formula is C33H36ClF3N6O4. The van der Waals surface area contributed by atoms with Gasteiger partial charge in [-0.15, -0.1) is 0 Å². The SMILES string of the molecule is CCCCCOC([C@H](CCC(=O)O)Nc1cc(C#N)ccn1)N(c1cncc(F)c1)[C@H](C(=O)NC1CC(F)(F)C1)c1ccccc1Cl. The number of anilines is 2. The van der Waals surface area contributed by atoms with Crippen molar-refractivity contribution in [1.29, 1.82) is 5.26 Å². The van der Waals surface area contributed by atoms with Gasteiger partial charge in [0.15, 0.2) is 6.23 Å². The molecule has 1 saturated carbocycles. The highest BCUT2D eigenvalue weighted by Gasteiger charge is 2.48. The van der Waals surface area contributed by atoms with Gasteiger partial charge < -0.3 is 25.4 Å². The number of aromatic nitrogens is 2. The van der Waals surface area contributed by atoms with Gasteiger partial charge >= 0.3 is 5.97 Å². The molecule has 3 atom stereocenters. The fourth-order valence-corrected chi connectivity index (χ4v) is 5.66. The highest BCUT2D eigenvalue weighted by molar-refractivity contribution is 6.31. The van der Waals surface area contributed by atoms with Crippen molar-refractivity contribution in [1.82, 2.24) is 15.3 Å². The number of carboxylic acids is 1. The smallest absolute Gasteiger partial charge is 0.303 e. The summed E-state index contributed by atoms with van der Waals surface area (Å²) in [5.74, 6) is -5.22. The Labute approximate surface area is 275 Å². The van der Waals surface area contributed by atoms with Crippen molar-refractivity contribution in [2.24, 2.45) is 0 Å². The van der Waals surface area contributed by atoms with Gasteiger partial charge in [-0.2, -0.15) is 5.26 Å². The molecule has 47 heavy (non-hydrogen) atoms. The van der Waals surface area contributed by atoms with Crippen LogP contribution >= 0.6 is 11.6 Å². The van der Waals surface area contributed by atoms with E-state index < -0.39 is 60.8 Å². The van der Waals surface area contributed by atoms with Gasteiger partial charge in [-0.25, -0.2) is 18.2 Å². The minimum Gasteiger partial charge on any atom is -0.481 e. The number of benzene rings is 1. The molecule has 3 N–H and O–H groups in total. The Kier molecular flexibility index (Phi) is 12.4. The lowest BCUT2D eigenvalue weighted by atomic mass is 9.87. The van der Waals surface area contributed by atoms with E-state index in [4.69, 9.17) is 16.3 Å². The number of hydrogen-bond acceptors (Lipinski definition) is 8. The van der Waals surface area contributed by atoms with Crippen LogP contribution in [0.4, 0.5) is 24.7 Å². The van der Waals surface area contributed by atoms with Gasteiger partial charge in [-0.05, 0) is 31.0 Å². The number of pyridine rings is 2. The summed E-state index contributed by atoms with van der Waals surface area (Å²) in [6.07, 6.45) is 3.32. The Morgan fingerprint density at radius 1 is 1.21 bits per heavy atom. The van der Waals surface area contributed by atoms with Crippen molar-refractivity contribution >= 4 is 35.0 Å². The first-order chi connectivity index (χ1) is 22.5. The molecule has 2 aromatic heterocycles. The van der Waals surface area contributed by atoms with E-state index in [1.54, 1.807) is 24.3 Å². The zero-order valence-corrected chi connectivity index (χ0v) is 26.5. The van der Waals surface area contributed by atoms with Gasteiger partial charge in [0.2, 0.25) is 5.91 Å². The second kappa shape index (κ2) is 16.4. The van der Waals surface area contributed by atoms with Crippen molar-refractivity contribution in [2.75, 3.05) is 16.8 Å². The van der Waals surface area contributed by atoms with Crippen LogP contribution in [0.15, 0.2) is 61.1 Å². The van der Waals surface area contributed by atoms with Crippen molar-refractivity contribution in [2.45, 2.75) is 82.1 Å². The highest BCUT2D eigenvalue weighted by Crippen LogP contribution is 2.40. The van der Waals surface area contributed by atoms with Gasteiger partial charge in [-0.3, -0.25) is 14.6 Å². The van der Waals surface area contributed by atoms with Gasteiger partial charge in [0.25, 0.3) is 5.92 Å². The predicted molar refractivity (Wildman–Crippen MR) is 169 cm³/mol. The topological polar surface area (TPSA) is 140 Å². The summed E-state index contributed by atoms with van der Waals surface area (Å²) in [5, 5.41) is 25.2. The summed E-state index contributed by atoms with van der Waals surface area (Å²) in [6.45, 7) is 2.18. The number of carboxylic acid groups (broad SMARTS) is 1. The number of nitrogens with zero attached hydrogens (tertiary/aromatic N) is 4. The number of carbonyl (C=O) groups excluding carboxylic acids is 1. The lowest BCUT2D eigenvalue weighted by Gasteiger charge is -2.44. The quantitative estimate of drug-likeness (QED) is 0.109. The molecule has 1 amide bonds. The van der Waals surface area contributed by atoms with Crippen LogP contribution < -0.4 is 15.5 Å². The van der Waals surface area contributed by atoms with Crippen LogP contribution in [0.3, 0.4) is 0 Å². The van der Waals surface area contributed by atoms with Crippen LogP contribution in [0.1, 0.15) is 69.0 Å². The van der Waals surface area contributed by atoms with E-state index in [2.05, 4.69) is 20.6 Å². The van der Waals surface area contributed by atoms with Gasteiger partial charge in [0, 0.05) is 54.8 Å². The number of nitrogens with one attached hydrogen (secondary N) is 2. The Bertz CT molecular complexity index is 1570.